The number of aromatic nitrogens is 4. The van der Waals surface area contributed by atoms with Crippen LogP contribution in [0.2, 0.25) is 0 Å². The number of hydrogen-bond donors (Lipinski definition) is 1. The van der Waals surface area contributed by atoms with Crippen LogP contribution in [0.15, 0.2) is 55.6 Å². The lowest BCUT2D eigenvalue weighted by Crippen LogP contribution is -2.37. The van der Waals surface area contributed by atoms with Crippen molar-refractivity contribution in [1.82, 2.24) is 18.7 Å². The van der Waals surface area contributed by atoms with E-state index in [4.69, 9.17) is 14.2 Å². The average molecular weight is 557 g/mol. The maximum atomic E-state index is 13.1. The molecular weight excluding hydrogens is 532 g/mol. The molecule has 0 amide bonds. The molecule has 0 saturated heterocycles. The van der Waals surface area contributed by atoms with Gasteiger partial charge in [0.1, 0.15) is 0 Å². The minimum atomic E-state index is -0.465. The number of nitrogens with zero attached hydrogens (tertiary/aromatic N) is 5. The largest absolute Gasteiger partial charge is 0.493 e. The third kappa shape index (κ3) is 4.59. The summed E-state index contributed by atoms with van der Waals surface area (Å²) < 4.78 is 21.2. The van der Waals surface area contributed by atoms with Gasteiger partial charge in [0.15, 0.2) is 22.7 Å². The maximum Gasteiger partial charge on any atom is 0.332 e. The van der Waals surface area contributed by atoms with Gasteiger partial charge >= 0.3 is 5.69 Å². The Hall–Kier alpha value is -4.06. The van der Waals surface area contributed by atoms with Gasteiger partial charge < -0.3 is 14.2 Å². The molecule has 1 N–H and O–H groups in total. The number of aryl methyl sites for hydroxylation is 1. The van der Waals surface area contributed by atoms with E-state index in [2.05, 4.69) is 31.4 Å². The molecular formula is C24H25BrN6O5. The number of imidazole rings is 1. The number of benzene rings is 2. The van der Waals surface area contributed by atoms with Gasteiger partial charge in [-0.25, -0.2) is 10.2 Å². The highest BCUT2D eigenvalue weighted by molar-refractivity contribution is 9.10. The van der Waals surface area contributed by atoms with Crippen LogP contribution in [0.1, 0.15) is 11.1 Å². The molecule has 4 rings (SSSR count). The van der Waals surface area contributed by atoms with Crippen LogP contribution >= 0.6 is 15.9 Å². The highest BCUT2D eigenvalue weighted by Crippen LogP contribution is 2.37. The number of hydrazone groups is 1. The molecule has 0 unspecified atom stereocenters. The molecule has 0 aliphatic rings. The molecule has 0 spiro atoms. The summed E-state index contributed by atoms with van der Waals surface area (Å²) in [6.45, 7) is 0.333. The number of hydrogen-bond acceptors (Lipinski definition) is 8. The lowest BCUT2D eigenvalue weighted by molar-refractivity contribution is 0.324. The molecule has 2 aromatic heterocycles. The summed E-state index contributed by atoms with van der Waals surface area (Å²) in [5.74, 6) is 1.74. The Morgan fingerprint density at radius 2 is 1.64 bits per heavy atom. The van der Waals surface area contributed by atoms with E-state index in [-0.39, 0.29) is 11.2 Å². The van der Waals surface area contributed by atoms with Gasteiger partial charge in [0.25, 0.3) is 5.56 Å². The Labute approximate surface area is 214 Å². The number of anilines is 1. The monoisotopic (exact) mass is 556 g/mol. The zero-order valence-electron chi connectivity index (χ0n) is 20.4. The molecule has 12 heteroatoms. The second kappa shape index (κ2) is 10.3. The van der Waals surface area contributed by atoms with Gasteiger partial charge in [-0.05, 0) is 29.8 Å². The summed E-state index contributed by atoms with van der Waals surface area (Å²) in [5.41, 5.74) is 4.16. The Bertz CT molecular complexity index is 1540. The molecule has 0 aliphatic carbocycles. The molecule has 36 heavy (non-hydrogen) atoms. The van der Waals surface area contributed by atoms with Crippen molar-refractivity contribution in [3.63, 3.8) is 0 Å². The van der Waals surface area contributed by atoms with E-state index in [0.29, 0.717) is 35.3 Å². The van der Waals surface area contributed by atoms with Crippen LogP contribution in [0, 0.1) is 0 Å². The first-order valence-electron chi connectivity index (χ1n) is 10.8. The Morgan fingerprint density at radius 3 is 2.22 bits per heavy atom. The summed E-state index contributed by atoms with van der Waals surface area (Å²) in [5, 5.41) is 4.32. The van der Waals surface area contributed by atoms with E-state index in [1.54, 1.807) is 30.0 Å². The predicted molar refractivity (Wildman–Crippen MR) is 141 cm³/mol. The van der Waals surface area contributed by atoms with Crippen molar-refractivity contribution in [2.75, 3.05) is 26.8 Å². The lowest BCUT2D eigenvalue weighted by Gasteiger charge is -2.12. The average Bonchev–Trinajstić information content (AvgIpc) is 3.24. The Morgan fingerprint density at radius 1 is 1.00 bits per heavy atom. The zero-order chi connectivity index (χ0) is 26.0. The quantitative estimate of drug-likeness (QED) is 0.262. The van der Waals surface area contributed by atoms with E-state index in [1.807, 2.05) is 24.3 Å². The molecule has 0 radical (unpaired) electrons. The van der Waals surface area contributed by atoms with Crippen LogP contribution in [0.4, 0.5) is 5.95 Å². The molecule has 2 aromatic carbocycles. The second-order valence-corrected chi connectivity index (χ2v) is 8.77. The van der Waals surface area contributed by atoms with Crippen LogP contribution in [-0.4, -0.2) is 46.2 Å². The van der Waals surface area contributed by atoms with E-state index in [9.17, 15) is 9.59 Å². The highest BCUT2D eigenvalue weighted by Gasteiger charge is 2.19. The molecule has 0 saturated carbocycles. The fourth-order valence-corrected chi connectivity index (χ4v) is 4.06. The third-order valence-corrected chi connectivity index (χ3v) is 6.20. The number of ether oxygens (including phenoxy) is 3. The first-order chi connectivity index (χ1) is 17.3. The van der Waals surface area contributed by atoms with Gasteiger partial charge in [0.2, 0.25) is 11.7 Å². The zero-order valence-corrected chi connectivity index (χ0v) is 22.0. The Kier molecular flexibility index (Phi) is 7.15. The SMILES string of the molecule is COc1cc(C=NNc2nc3c(c(=O)n(C)c(=O)n3C)n2Cc2ccc(Br)cc2)cc(OC)c1OC. The smallest absolute Gasteiger partial charge is 0.332 e. The molecule has 11 nitrogen and oxygen atoms in total. The standard InChI is InChI=1S/C24H25BrN6O5/c1-29-21-19(22(32)30(2)24(29)33)31(13-14-6-8-16(25)9-7-14)23(27-21)28-26-12-15-10-17(34-3)20(36-5)18(11-15)35-4/h6-12H,13H2,1-5H3,(H,27,28). The molecule has 0 aliphatic heterocycles. The number of nitrogens with one attached hydrogen (secondary N) is 1. The van der Waals surface area contributed by atoms with Gasteiger partial charge in [-0.1, -0.05) is 28.1 Å². The highest BCUT2D eigenvalue weighted by atomic mass is 79.9. The summed E-state index contributed by atoms with van der Waals surface area (Å²) in [7, 11) is 7.61. The van der Waals surface area contributed by atoms with Crippen molar-refractivity contribution in [3.8, 4) is 17.2 Å². The fraction of sp³-hybridized carbons (Fsp3) is 0.250. The predicted octanol–water partition coefficient (Wildman–Crippen LogP) is 2.72. The van der Waals surface area contributed by atoms with E-state index in [1.165, 1.54) is 32.9 Å². The van der Waals surface area contributed by atoms with Crippen LogP contribution < -0.4 is 30.9 Å². The molecule has 188 valence electrons. The van der Waals surface area contributed by atoms with Crippen LogP contribution in [0.25, 0.3) is 11.2 Å². The molecule has 0 atom stereocenters. The van der Waals surface area contributed by atoms with Crippen LogP contribution in [0.5, 0.6) is 17.2 Å². The number of methoxy groups -OCH3 is 3. The van der Waals surface area contributed by atoms with Crippen LogP contribution in [0.3, 0.4) is 0 Å². The minimum absolute atomic E-state index is 0.255. The van der Waals surface area contributed by atoms with Gasteiger partial charge in [-0.2, -0.15) is 10.1 Å². The maximum absolute atomic E-state index is 13.1. The summed E-state index contributed by atoms with van der Waals surface area (Å²) in [4.78, 5) is 30.1. The van der Waals surface area contributed by atoms with Crippen molar-refractivity contribution < 1.29 is 14.2 Å². The minimum Gasteiger partial charge on any atom is -0.493 e. The molecule has 4 aromatic rings. The topological polar surface area (TPSA) is 114 Å². The first kappa shape index (κ1) is 25.0. The van der Waals surface area contributed by atoms with Gasteiger partial charge in [-0.15, -0.1) is 0 Å². The van der Waals surface area contributed by atoms with Gasteiger partial charge in [-0.3, -0.25) is 18.5 Å². The number of fused-ring (bicyclic) bond motifs is 1. The molecule has 2 heterocycles. The molecule has 0 fully saturated rings. The third-order valence-electron chi connectivity index (χ3n) is 5.67. The van der Waals surface area contributed by atoms with Crippen molar-refractivity contribution in [2.24, 2.45) is 19.2 Å². The molecule has 0 bridgehead atoms. The second-order valence-electron chi connectivity index (χ2n) is 7.85. The van der Waals surface area contributed by atoms with Crippen molar-refractivity contribution in [2.45, 2.75) is 6.54 Å². The number of rotatable bonds is 8. The summed E-state index contributed by atoms with van der Waals surface area (Å²) in [6, 6.07) is 11.2. The van der Waals surface area contributed by atoms with Gasteiger partial charge in [0, 0.05) is 24.1 Å². The lowest BCUT2D eigenvalue weighted by atomic mass is 10.2. The van der Waals surface area contributed by atoms with E-state index >= 15 is 0 Å². The van der Waals surface area contributed by atoms with Crippen molar-refractivity contribution >= 4 is 39.3 Å². The van der Waals surface area contributed by atoms with E-state index in [0.717, 1.165) is 14.6 Å². The Balaban J connectivity index is 1.78. The van der Waals surface area contributed by atoms with Crippen molar-refractivity contribution in [1.29, 1.82) is 0 Å². The van der Waals surface area contributed by atoms with Crippen molar-refractivity contribution in [3.05, 3.63) is 72.8 Å². The summed E-state index contributed by atoms with van der Waals surface area (Å²) in [6.07, 6.45) is 1.56. The normalized spacial score (nSPS) is 11.3. The number of halogens is 1. The van der Waals surface area contributed by atoms with E-state index < -0.39 is 11.2 Å². The first-order valence-corrected chi connectivity index (χ1v) is 11.6. The van der Waals surface area contributed by atoms with Gasteiger partial charge in [0.05, 0.1) is 34.1 Å². The fourth-order valence-electron chi connectivity index (χ4n) is 3.80. The van der Waals surface area contributed by atoms with Crippen LogP contribution in [-0.2, 0) is 20.6 Å². The summed E-state index contributed by atoms with van der Waals surface area (Å²) >= 11 is 3.43.